The van der Waals surface area contributed by atoms with Crippen molar-refractivity contribution in [2.45, 2.75) is 26.3 Å². The van der Waals surface area contributed by atoms with Crippen molar-refractivity contribution in [3.05, 3.63) is 47.0 Å². The van der Waals surface area contributed by atoms with Gasteiger partial charge in [-0.25, -0.2) is 9.97 Å². The van der Waals surface area contributed by atoms with Gasteiger partial charge in [-0.2, -0.15) is 5.10 Å². The fourth-order valence-corrected chi connectivity index (χ4v) is 2.46. The minimum Gasteiger partial charge on any atom is -0.368 e. The van der Waals surface area contributed by atoms with Crippen molar-refractivity contribution in [1.82, 2.24) is 29.3 Å². The van der Waals surface area contributed by atoms with E-state index in [2.05, 4.69) is 20.1 Å². The molecule has 0 bridgehead atoms. The Kier molecular flexibility index (Phi) is 3.98. The summed E-state index contributed by atoms with van der Waals surface area (Å²) in [4.78, 5) is 34.8. The summed E-state index contributed by atoms with van der Waals surface area (Å²) in [5, 5.41) is 4.10. The minimum atomic E-state index is -0.494. The second-order valence-electron chi connectivity index (χ2n) is 5.67. The van der Waals surface area contributed by atoms with Crippen LogP contribution in [0.25, 0.3) is 17.2 Å². The number of rotatable bonds is 5. The number of aromatic amines is 1. The molecule has 24 heavy (non-hydrogen) atoms. The fraction of sp³-hybridized carbons (Fsp3) is 0.267. The van der Waals surface area contributed by atoms with Crippen molar-refractivity contribution < 1.29 is 4.79 Å². The highest BCUT2D eigenvalue weighted by atomic mass is 16.1. The van der Waals surface area contributed by atoms with E-state index in [9.17, 15) is 9.59 Å². The van der Waals surface area contributed by atoms with Gasteiger partial charge in [0.15, 0.2) is 0 Å². The predicted molar refractivity (Wildman–Crippen MR) is 86.5 cm³/mol. The Morgan fingerprint density at radius 3 is 2.83 bits per heavy atom. The average Bonchev–Trinajstić information content (AvgIpc) is 3.16. The van der Waals surface area contributed by atoms with Gasteiger partial charge in [-0.1, -0.05) is 13.8 Å². The third kappa shape index (κ3) is 2.96. The van der Waals surface area contributed by atoms with Crippen LogP contribution < -0.4 is 11.3 Å². The molecule has 0 aliphatic heterocycles. The molecule has 1 amide bonds. The maximum Gasteiger partial charge on any atom is 0.256 e. The first kappa shape index (κ1) is 15.7. The summed E-state index contributed by atoms with van der Waals surface area (Å²) in [5.41, 5.74) is 6.68. The molecule has 3 aromatic heterocycles. The number of carbonyl (C=O) groups excluding carboxylic acids is 1. The number of nitrogens with zero attached hydrogens (tertiary/aromatic N) is 5. The third-order valence-electron chi connectivity index (χ3n) is 3.49. The summed E-state index contributed by atoms with van der Waals surface area (Å²) in [7, 11) is 0. The van der Waals surface area contributed by atoms with Gasteiger partial charge >= 0.3 is 0 Å². The highest BCUT2D eigenvalue weighted by molar-refractivity contribution is 5.73. The number of carbonyl (C=O) groups is 1. The standard InChI is InChI=1S/C15H17N7O2/c1-9(2)12-13(10-5-18-22(6-10)7-11(16)23)19-15(20-14(12)24)21-4-3-17-8-21/h3-6,8-9H,7H2,1-2H3,(H2,16,23)(H,19,20,24). The molecular formula is C15H17N7O2. The Morgan fingerprint density at radius 2 is 2.21 bits per heavy atom. The molecule has 0 fully saturated rings. The Hall–Kier alpha value is -3.23. The highest BCUT2D eigenvalue weighted by Crippen LogP contribution is 2.24. The Balaban J connectivity index is 2.15. The summed E-state index contributed by atoms with van der Waals surface area (Å²) < 4.78 is 3.03. The van der Waals surface area contributed by atoms with Crippen LogP contribution >= 0.6 is 0 Å². The number of nitrogens with two attached hydrogens (primary N) is 1. The number of H-pyrrole nitrogens is 1. The highest BCUT2D eigenvalue weighted by Gasteiger charge is 2.18. The molecule has 3 rings (SSSR count). The summed E-state index contributed by atoms with van der Waals surface area (Å²) >= 11 is 0. The van der Waals surface area contributed by atoms with Gasteiger partial charge in [-0.3, -0.25) is 23.8 Å². The predicted octanol–water partition coefficient (Wildman–Crippen LogP) is 0.428. The molecule has 0 aromatic carbocycles. The SMILES string of the molecule is CC(C)c1c(-c2cnn(CC(N)=O)c2)nc(-n2ccnc2)[nH]c1=O. The summed E-state index contributed by atoms with van der Waals surface area (Å²) in [6.07, 6.45) is 8.05. The van der Waals surface area contributed by atoms with E-state index < -0.39 is 5.91 Å². The molecule has 9 heteroatoms. The largest absolute Gasteiger partial charge is 0.368 e. The molecular weight excluding hydrogens is 310 g/mol. The van der Waals surface area contributed by atoms with Crippen molar-refractivity contribution in [3.63, 3.8) is 0 Å². The van der Waals surface area contributed by atoms with E-state index in [1.165, 1.54) is 4.68 Å². The summed E-state index contributed by atoms with van der Waals surface area (Å²) in [5.74, 6) is -0.168. The molecule has 0 radical (unpaired) electrons. The average molecular weight is 327 g/mol. The van der Waals surface area contributed by atoms with E-state index in [1.54, 1.807) is 35.7 Å². The molecule has 9 nitrogen and oxygen atoms in total. The molecule has 0 saturated heterocycles. The normalized spacial score (nSPS) is 11.1. The smallest absolute Gasteiger partial charge is 0.256 e. The topological polar surface area (TPSA) is 124 Å². The van der Waals surface area contributed by atoms with E-state index in [-0.39, 0.29) is 18.0 Å². The van der Waals surface area contributed by atoms with Gasteiger partial charge in [0.1, 0.15) is 12.9 Å². The van der Waals surface area contributed by atoms with Gasteiger partial charge in [-0.05, 0) is 5.92 Å². The monoisotopic (exact) mass is 327 g/mol. The molecule has 3 heterocycles. The lowest BCUT2D eigenvalue weighted by atomic mass is 10.0. The number of nitrogens with one attached hydrogen (secondary N) is 1. The first-order valence-corrected chi connectivity index (χ1v) is 7.39. The van der Waals surface area contributed by atoms with Gasteiger partial charge in [0.25, 0.3) is 5.56 Å². The van der Waals surface area contributed by atoms with E-state index in [1.807, 2.05) is 13.8 Å². The maximum atomic E-state index is 12.5. The zero-order chi connectivity index (χ0) is 17.3. The van der Waals surface area contributed by atoms with Gasteiger partial charge in [0, 0.05) is 29.7 Å². The number of imidazole rings is 1. The van der Waals surface area contributed by atoms with E-state index >= 15 is 0 Å². The summed E-state index contributed by atoms with van der Waals surface area (Å²) in [6.45, 7) is 3.80. The van der Waals surface area contributed by atoms with Gasteiger partial charge in [0.2, 0.25) is 11.9 Å². The zero-order valence-corrected chi connectivity index (χ0v) is 13.3. The number of primary amides is 1. The van der Waals surface area contributed by atoms with Crippen molar-refractivity contribution in [2.75, 3.05) is 0 Å². The van der Waals surface area contributed by atoms with Crippen LogP contribution in [0.2, 0.25) is 0 Å². The Bertz CT molecular complexity index is 922. The van der Waals surface area contributed by atoms with E-state index in [4.69, 9.17) is 5.73 Å². The van der Waals surface area contributed by atoms with Crippen molar-refractivity contribution in [3.8, 4) is 17.2 Å². The molecule has 0 spiro atoms. The molecule has 0 aliphatic rings. The van der Waals surface area contributed by atoms with Crippen LogP contribution in [0.15, 0.2) is 35.9 Å². The van der Waals surface area contributed by atoms with Gasteiger partial charge < -0.3 is 5.73 Å². The molecule has 0 atom stereocenters. The molecule has 0 unspecified atom stereocenters. The quantitative estimate of drug-likeness (QED) is 0.703. The second-order valence-corrected chi connectivity index (χ2v) is 5.67. The van der Waals surface area contributed by atoms with Gasteiger partial charge in [0.05, 0.1) is 11.9 Å². The maximum absolute atomic E-state index is 12.5. The van der Waals surface area contributed by atoms with E-state index in [0.29, 0.717) is 22.8 Å². The van der Waals surface area contributed by atoms with Crippen LogP contribution in [-0.2, 0) is 11.3 Å². The first-order chi connectivity index (χ1) is 11.5. The second kappa shape index (κ2) is 6.11. The third-order valence-corrected chi connectivity index (χ3v) is 3.49. The van der Waals surface area contributed by atoms with Crippen LogP contribution in [-0.4, -0.2) is 35.2 Å². The fourth-order valence-electron chi connectivity index (χ4n) is 2.46. The lowest BCUT2D eigenvalue weighted by Gasteiger charge is -2.11. The Labute approximate surface area is 137 Å². The van der Waals surface area contributed by atoms with Crippen LogP contribution in [0.5, 0.6) is 0 Å². The molecule has 124 valence electrons. The molecule has 0 aliphatic carbocycles. The Morgan fingerprint density at radius 1 is 1.42 bits per heavy atom. The lowest BCUT2D eigenvalue weighted by Crippen LogP contribution is -2.20. The van der Waals surface area contributed by atoms with Crippen LogP contribution in [0, 0.1) is 0 Å². The molecule has 3 aromatic rings. The van der Waals surface area contributed by atoms with Crippen molar-refractivity contribution in [2.24, 2.45) is 5.73 Å². The van der Waals surface area contributed by atoms with Crippen LogP contribution in [0.4, 0.5) is 0 Å². The minimum absolute atomic E-state index is 0.0332. The number of hydrogen-bond donors (Lipinski definition) is 2. The van der Waals surface area contributed by atoms with Crippen molar-refractivity contribution in [1.29, 1.82) is 0 Å². The summed E-state index contributed by atoms with van der Waals surface area (Å²) in [6, 6.07) is 0. The van der Waals surface area contributed by atoms with Crippen LogP contribution in [0.3, 0.4) is 0 Å². The molecule has 0 saturated carbocycles. The van der Waals surface area contributed by atoms with Crippen LogP contribution in [0.1, 0.15) is 25.3 Å². The number of aromatic nitrogens is 6. The zero-order valence-electron chi connectivity index (χ0n) is 13.3. The van der Waals surface area contributed by atoms with Gasteiger partial charge in [-0.15, -0.1) is 0 Å². The molecule has 3 N–H and O–H groups in total. The lowest BCUT2D eigenvalue weighted by molar-refractivity contribution is -0.118. The number of amides is 1. The van der Waals surface area contributed by atoms with Crippen molar-refractivity contribution >= 4 is 5.91 Å². The number of hydrogen-bond acceptors (Lipinski definition) is 5. The first-order valence-electron chi connectivity index (χ1n) is 7.39. The van der Waals surface area contributed by atoms with E-state index in [0.717, 1.165) is 0 Å².